The second-order valence-electron chi connectivity index (χ2n) is 2.66. The average Bonchev–Trinajstić information content (AvgIpc) is 2.26. The van der Waals surface area contributed by atoms with E-state index in [0.29, 0.717) is 5.56 Å². The first kappa shape index (κ1) is 11.6. The number of hydrogen-bond acceptors (Lipinski definition) is 4. The fraction of sp³-hybridized carbons (Fsp3) is 0.100. The van der Waals surface area contributed by atoms with Gasteiger partial charge in [-0.25, -0.2) is 4.79 Å². The van der Waals surface area contributed by atoms with Gasteiger partial charge in [-0.15, -0.1) is 0 Å². The minimum atomic E-state index is -1.04. The van der Waals surface area contributed by atoms with E-state index in [1.165, 1.54) is 0 Å². The Labute approximate surface area is 94.4 Å². The predicted octanol–water partition coefficient (Wildman–Crippen LogP) is 1.37. The van der Waals surface area contributed by atoms with Crippen LogP contribution in [0.15, 0.2) is 28.7 Å². The molecule has 5 heteroatoms. The van der Waals surface area contributed by atoms with E-state index in [1.807, 2.05) is 0 Å². The van der Waals surface area contributed by atoms with Crippen molar-refractivity contribution in [1.29, 1.82) is 0 Å². The van der Waals surface area contributed by atoms with E-state index >= 15 is 0 Å². The Kier molecular flexibility index (Phi) is 4.17. The molecule has 0 bridgehead atoms. The second kappa shape index (κ2) is 5.41. The van der Waals surface area contributed by atoms with E-state index in [4.69, 9.17) is 0 Å². The second-order valence-corrected chi connectivity index (χ2v) is 3.57. The summed E-state index contributed by atoms with van der Waals surface area (Å²) in [7, 11) is 0. The lowest BCUT2D eigenvalue weighted by atomic mass is 10.1. The molecule has 0 amide bonds. The van der Waals surface area contributed by atoms with Gasteiger partial charge in [0.1, 0.15) is 0 Å². The van der Waals surface area contributed by atoms with Crippen LogP contribution in [0, 0.1) is 0 Å². The zero-order chi connectivity index (χ0) is 11.3. The monoisotopic (exact) mass is 270 g/mol. The van der Waals surface area contributed by atoms with Gasteiger partial charge >= 0.3 is 5.97 Å². The van der Waals surface area contributed by atoms with Crippen LogP contribution in [-0.2, 0) is 14.3 Å². The number of ether oxygens (including phenoxy) is 1. The molecule has 0 aliphatic carbocycles. The number of rotatable bonds is 4. The average molecular weight is 271 g/mol. The normalized spacial score (nSPS) is 9.40. The van der Waals surface area contributed by atoms with Crippen LogP contribution >= 0.6 is 15.9 Å². The van der Waals surface area contributed by atoms with Crippen LogP contribution < -0.4 is 0 Å². The van der Waals surface area contributed by atoms with Gasteiger partial charge in [-0.2, -0.15) is 0 Å². The fourth-order valence-corrected chi connectivity index (χ4v) is 1.15. The van der Waals surface area contributed by atoms with Gasteiger partial charge in [0.05, 0.1) is 0 Å². The quantitative estimate of drug-likeness (QED) is 0.359. The standard InChI is InChI=1S/C10H7BrO4/c11-8-3-1-7(2-4-8)9(13)6-15-10(14)5-12/h1-5H,6H2. The molecule has 78 valence electrons. The van der Waals surface area contributed by atoms with E-state index in [2.05, 4.69) is 20.7 Å². The lowest BCUT2D eigenvalue weighted by Gasteiger charge is -2.00. The molecule has 0 aliphatic rings. The number of carbonyl (C=O) groups excluding carboxylic acids is 3. The van der Waals surface area contributed by atoms with Crippen LogP contribution in [0.3, 0.4) is 0 Å². The van der Waals surface area contributed by atoms with Gasteiger partial charge in [-0.1, -0.05) is 28.1 Å². The molecular weight excluding hydrogens is 264 g/mol. The molecule has 0 fully saturated rings. The fourth-order valence-electron chi connectivity index (χ4n) is 0.890. The van der Waals surface area contributed by atoms with E-state index in [0.717, 1.165) is 4.47 Å². The minimum Gasteiger partial charge on any atom is -0.452 e. The molecule has 0 N–H and O–H groups in total. The molecule has 0 unspecified atom stereocenters. The number of benzene rings is 1. The topological polar surface area (TPSA) is 60.4 Å². The highest BCUT2D eigenvalue weighted by molar-refractivity contribution is 9.10. The molecule has 4 nitrogen and oxygen atoms in total. The van der Waals surface area contributed by atoms with Crippen molar-refractivity contribution < 1.29 is 19.1 Å². The maximum absolute atomic E-state index is 11.4. The first-order chi connectivity index (χ1) is 7.13. The van der Waals surface area contributed by atoms with Gasteiger partial charge in [-0.3, -0.25) is 9.59 Å². The summed E-state index contributed by atoms with van der Waals surface area (Å²) in [4.78, 5) is 31.7. The van der Waals surface area contributed by atoms with E-state index in [9.17, 15) is 14.4 Å². The van der Waals surface area contributed by atoms with Crippen molar-refractivity contribution in [3.63, 3.8) is 0 Å². The number of halogens is 1. The molecule has 1 aromatic carbocycles. The number of carbonyl (C=O) groups is 3. The highest BCUT2D eigenvalue weighted by Crippen LogP contribution is 2.10. The Bertz CT molecular complexity index is 383. The third-order valence-electron chi connectivity index (χ3n) is 1.61. The molecule has 0 aliphatic heterocycles. The SMILES string of the molecule is O=CC(=O)OCC(=O)c1ccc(Br)cc1. The van der Waals surface area contributed by atoms with Crippen LogP contribution in [0.2, 0.25) is 0 Å². The highest BCUT2D eigenvalue weighted by Gasteiger charge is 2.08. The summed E-state index contributed by atoms with van der Waals surface area (Å²) < 4.78 is 5.22. The van der Waals surface area contributed by atoms with Crippen LogP contribution in [0.5, 0.6) is 0 Å². The first-order valence-electron chi connectivity index (χ1n) is 4.04. The van der Waals surface area contributed by atoms with E-state index in [-0.39, 0.29) is 12.1 Å². The van der Waals surface area contributed by atoms with Crippen molar-refractivity contribution in [1.82, 2.24) is 0 Å². The Morgan fingerprint density at radius 3 is 2.40 bits per heavy atom. The highest BCUT2D eigenvalue weighted by atomic mass is 79.9. The minimum absolute atomic E-state index is 0.0227. The zero-order valence-electron chi connectivity index (χ0n) is 7.60. The van der Waals surface area contributed by atoms with Crippen molar-refractivity contribution in [3.8, 4) is 0 Å². The number of Topliss-reactive ketones (excluding diaryl/α,β-unsaturated/α-hetero) is 1. The van der Waals surface area contributed by atoms with Crippen molar-refractivity contribution in [3.05, 3.63) is 34.3 Å². The molecule has 0 heterocycles. The summed E-state index contributed by atoms with van der Waals surface area (Å²) in [6, 6.07) is 6.60. The zero-order valence-corrected chi connectivity index (χ0v) is 9.19. The summed E-state index contributed by atoms with van der Waals surface area (Å²) in [5, 5.41) is 0. The smallest absolute Gasteiger partial charge is 0.371 e. The molecule has 1 aromatic rings. The molecule has 0 atom stereocenters. The lowest BCUT2D eigenvalue weighted by molar-refractivity contribution is -0.147. The summed E-state index contributed by atoms with van der Waals surface area (Å²) in [5.74, 6) is -1.39. The maximum Gasteiger partial charge on any atom is 0.371 e. The largest absolute Gasteiger partial charge is 0.452 e. The number of esters is 1. The summed E-state index contributed by atoms with van der Waals surface area (Å²) >= 11 is 3.22. The van der Waals surface area contributed by atoms with Crippen LogP contribution in [-0.4, -0.2) is 24.6 Å². The number of aldehydes is 1. The van der Waals surface area contributed by atoms with Gasteiger partial charge in [-0.05, 0) is 12.1 Å². The molecule has 1 rings (SSSR count). The van der Waals surface area contributed by atoms with Crippen molar-refractivity contribution >= 4 is 34.0 Å². The van der Waals surface area contributed by atoms with Gasteiger partial charge in [0.2, 0.25) is 6.29 Å². The van der Waals surface area contributed by atoms with Crippen molar-refractivity contribution in [2.75, 3.05) is 6.61 Å². The number of ketones is 1. The van der Waals surface area contributed by atoms with Gasteiger partial charge in [0, 0.05) is 10.0 Å². The van der Waals surface area contributed by atoms with Crippen molar-refractivity contribution in [2.45, 2.75) is 0 Å². The Morgan fingerprint density at radius 2 is 1.87 bits per heavy atom. The molecule has 0 aromatic heterocycles. The Morgan fingerprint density at radius 1 is 1.27 bits per heavy atom. The molecular formula is C10H7BrO4. The Hall–Kier alpha value is -1.49. The molecule has 0 radical (unpaired) electrons. The third kappa shape index (κ3) is 3.63. The maximum atomic E-state index is 11.4. The van der Waals surface area contributed by atoms with Crippen molar-refractivity contribution in [2.24, 2.45) is 0 Å². The van der Waals surface area contributed by atoms with Gasteiger partial charge in [0.25, 0.3) is 0 Å². The van der Waals surface area contributed by atoms with Crippen LogP contribution in [0.1, 0.15) is 10.4 Å². The summed E-state index contributed by atoms with van der Waals surface area (Å²) in [5.41, 5.74) is 0.428. The third-order valence-corrected chi connectivity index (χ3v) is 2.14. The van der Waals surface area contributed by atoms with Crippen LogP contribution in [0.25, 0.3) is 0 Å². The van der Waals surface area contributed by atoms with Crippen LogP contribution in [0.4, 0.5) is 0 Å². The number of hydrogen-bond donors (Lipinski definition) is 0. The first-order valence-corrected chi connectivity index (χ1v) is 4.83. The van der Waals surface area contributed by atoms with Gasteiger partial charge < -0.3 is 4.74 Å². The molecule has 15 heavy (non-hydrogen) atoms. The van der Waals surface area contributed by atoms with E-state index in [1.54, 1.807) is 24.3 Å². The predicted molar refractivity (Wildman–Crippen MR) is 55.5 cm³/mol. The lowest BCUT2D eigenvalue weighted by Crippen LogP contribution is -2.14. The molecule has 0 spiro atoms. The van der Waals surface area contributed by atoms with E-state index < -0.39 is 12.6 Å². The molecule has 0 saturated carbocycles. The summed E-state index contributed by atoms with van der Waals surface area (Å²) in [6.07, 6.45) is 0.0227. The van der Waals surface area contributed by atoms with Gasteiger partial charge in [0.15, 0.2) is 12.4 Å². The Balaban J connectivity index is 2.57. The summed E-state index contributed by atoms with van der Waals surface area (Å²) in [6.45, 7) is -0.417. The molecule has 0 saturated heterocycles.